The second kappa shape index (κ2) is 8.03. The summed E-state index contributed by atoms with van der Waals surface area (Å²) in [5.41, 5.74) is 0.196. The molecule has 1 amide bonds. The van der Waals surface area contributed by atoms with Gasteiger partial charge in [0.15, 0.2) is 17.5 Å². The predicted molar refractivity (Wildman–Crippen MR) is 107 cm³/mol. The smallest absolute Gasteiger partial charge is 0.325 e. The molecule has 0 spiro atoms. The number of methoxy groups -OCH3 is 1. The van der Waals surface area contributed by atoms with Crippen molar-refractivity contribution in [2.24, 2.45) is 0 Å². The van der Waals surface area contributed by atoms with Gasteiger partial charge in [-0.15, -0.1) is 0 Å². The number of carbonyl (C=O) groups is 2. The average molecular weight is 448 g/mol. The van der Waals surface area contributed by atoms with Crippen molar-refractivity contribution in [1.29, 1.82) is 0 Å². The van der Waals surface area contributed by atoms with Crippen LogP contribution in [0.25, 0.3) is 0 Å². The van der Waals surface area contributed by atoms with Gasteiger partial charge in [0.05, 0.1) is 17.7 Å². The fourth-order valence-corrected chi connectivity index (χ4v) is 4.68. The van der Waals surface area contributed by atoms with Gasteiger partial charge in [0.2, 0.25) is 5.91 Å². The van der Waals surface area contributed by atoms with Crippen molar-refractivity contribution in [2.45, 2.75) is 18.9 Å². The summed E-state index contributed by atoms with van der Waals surface area (Å²) >= 11 is 0.714. The number of halogens is 3. The predicted octanol–water partition coefficient (Wildman–Crippen LogP) is 3.70. The zero-order chi connectivity index (χ0) is 22.3. The molecule has 2 heterocycles. The fourth-order valence-electron chi connectivity index (χ4n) is 3.59. The third-order valence-corrected chi connectivity index (χ3v) is 6.10. The van der Waals surface area contributed by atoms with Gasteiger partial charge >= 0.3 is 10.8 Å². The minimum atomic E-state index is -1.65. The molecule has 0 saturated carbocycles. The summed E-state index contributed by atoms with van der Waals surface area (Å²) in [4.78, 5) is 38.7. The third kappa shape index (κ3) is 3.52. The van der Waals surface area contributed by atoms with E-state index in [2.05, 4.69) is 4.74 Å². The van der Waals surface area contributed by atoms with E-state index >= 15 is 0 Å². The minimum Gasteiger partial charge on any atom is -0.468 e. The molecule has 1 aliphatic rings. The van der Waals surface area contributed by atoms with Gasteiger partial charge in [-0.05, 0) is 18.2 Å². The van der Waals surface area contributed by atoms with E-state index in [4.69, 9.17) is 0 Å². The Labute approximate surface area is 178 Å². The van der Waals surface area contributed by atoms with Crippen LogP contribution >= 0.6 is 11.3 Å². The number of amides is 1. The highest BCUT2D eigenvalue weighted by molar-refractivity contribution is 7.10. The molecule has 1 aromatic heterocycles. The van der Waals surface area contributed by atoms with Gasteiger partial charge in [0.25, 0.3) is 0 Å². The number of hydrogen-bond acceptors (Lipinski definition) is 5. The van der Waals surface area contributed by atoms with E-state index in [1.54, 1.807) is 30.3 Å². The molecule has 2 aromatic carbocycles. The molecule has 0 radical (unpaired) electrons. The quantitative estimate of drug-likeness (QED) is 0.451. The van der Waals surface area contributed by atoms with Crippen molar-refractivity contribution >= 4 is 34.7 Å². The molecule has 0 bridgehead atoms. The molecule has 1 atom stereocenters. The summed E-state index contributed by atoms with van der Waals surface area (Å²) in [6.07, 6.45) is -0.276. The lowest BCUT2D eigenvalue weighted by atomic mass is 9.89. The van der Waals surface area contributed by atoms with E-state index in [9.17, 15) is 27.6 Å². The van der Waals surface area contributed by atoms with Gasteiger partial charge in [0, 0.05) is 17.9 Å². The van der Waals surface area contributed by atoms with Gasteiger partial charge in [-0.25, -0.2) is 13.2 Å². The highest BCUT2D eigenvalue weighted by Gasteiger charge is 2.40. The molecule has 0 aliphatic carbocycles. The van der Waals surface area contributed by atoms with Crippen LogP contribution < -0.4 is 9.77 Å². The molecular weight excluding hydrogens is 433 g/mol. The summed E-state index contributed by atoms with van der Waals surface area (Å²) in [6, 6.07) is 10.2. The maximum Gasteiger partial charge on any atom is 0.325 e. The van der Waals surface area contributed by atoms with Gasteiger partial charge < -0.3 is 4.74 Å². The lowest BCUT2D eigenvalue weighted by Gasteiger charge is -2.32. The first kappa shape index (κ1) is 20.9. The van der Waals surface area contributed by atoms with E-state index in [1.165, 1.54) is 4.90 Å². The van der Waals surface area contributed by atoms with E-state index in [0.29, 0.717) is 17.0 Å². The Kier molecular flexibility index (Phi) is 5.40. The number of carbonyl (C=O) groups excluding carboxylic acids is 2. The normalized spacial score (nSPS) is 15.7. The number of esters is 1. The molecule has 10 heteroatoms. The second-order valence-corrected chi connectivity index (χ2v) is 7.80. The molecule has 4 rings (SSSR count). The molecule has 1 aliphatic heterocycles. The van der Waals surface area contributed by atoms with Crippen LogP contribution in [-0.4, -0.2) is 23.6 Å². The average Bonchev–Trinajstić information content (AvgIpc) is 3.08. The molecule has 31 heavy (non-hydrogen) atoms. The zero-order valence-electron chi connectivity index (χ0n) is 16.1. The van der Waals surface area contributed by atoms with E-state index in [1.807, 2.05) is 0 Å². The van der Waals surface area contributed by atoms with Gasteiger partial charge in [-0.1, -0.05) is 35.6 Å². The number of anilines is 2. The number of nitrogens with zero attached hydrogens (tertiary/aromatic N) is 2. The Morgan fingerprint density at radius 2 is 1.81 bits per heavy atom. The van der Waals surface area contributed by atoms with Crippen LogP contribution in [0.15, 0.2) is 47.3 Å². The summed E-state index contributed by atoms with van der Waals surface area (Å²) in [6.45, 7) is -0.467. The van der Waals surface area contributed by atoms with Crippen LogP contribution in [0.2, 0.25) is 0 Å². The number of hydrogen-bond donors (Lipinski definition) is 0. The van der Waals surface area contributed by atoms with E-state index in [-0.39, 0.29) is 22.7 Å². The van der Waals surface area contributed by atoms with Crippen molar-refractivity contribution in [3.8, 4) is 0 Å². The van der Waals surface area contributed by atoms with Crippen LogP contribution in [0, 0.1) is 17.5 Å². The first-order valence-corrected chi connectivity index (χ1v) is 9.96. The molecule has 1 unspecified atom stereocenters. The Morgan fingerprint density at radius 1 is 1.10 bits per heavy atom. The van der Waals surface area contributed by atoms with Crippen molar-refractivity contribution < 1.29 is 27.5 Å². The van der Waals surface area contributed by atoms with E-state index < -0.39 is 46.7 Å². The topological polar surface area (TPSA) is 68.6 Å². The Morgan fingerprint density at radius 3 is 2.48 bits per heavy atom. The molecule has 0 saturated heterocycles. The van der Waals surface area contributed by atoms with Crippen molar-refractivity contribution in [3.63, 3.8) is 0 Å². The zero-order valence-corrected chi connectivity index (χ0v) is 16.9. The molecular formula is C21H15F3N2O4S. The number of aromatic nitrogens is 1. The molecule has 6 nitrogen and oxygen atoms in total. The molecule has 0 N–H and O–H groups in total. The minimum absolute atomic E-state index is 0.0805. The summed E-state index contributed by atoms with van der Waals surface area (Å²) in [5, 5.41) is 0. The molecule has 160 valence electrons. The first-order chi connectivity index (χ1) is 14.8. The van der Waals surface area contributed by atoms with Gasteiger partial charge in [-0.2, -0.15) is 0 Å². The maximum atomic E-state index is 14.6. The number of ether oxygens (including phenoxy) is 1. The monoisotopic (exact) mass is 448 g/mol. The summed E-state index contributed by atoms with van der Waals surface area (Å²) in [5.74, 6) is -6.58. The number of thiazole rings is 1. The third-order valence-electron chi connectivity index (χ3n) is 5.02. The number of para-hydroxylation sites is 1. The van der Waals surface area contributed by atoms with Crippen molar-refractivity contribution in [3.05, 3.63) is 80.0 Å². The standard InChI is InChI=1S/C21H15F3N2O4S/c1-30-16(28)10-25-20-19(31-21(25)29)13(12-7-8-14(22)18(24)17(12)23)9-15(27)26(20)11-5-3-2-4-6-11/h2-8,13H,9-10H2,1H3. The lowest BCUT2D eigenvalue weighted by Crippen LogP contribution is -2.36. The van der Waals surface area contributed by atoms with E-state index in [0.717, 1.165) is 23.8 Å². The first-order valence-electron chi connectivity index (χ1n) is 9.15. The van der Waals surface area contributed by atoms with Crippen molar-refractivity contribution in [1.82, 2.24) is 4.57 Å². The largest absolute Gasteiger partial charge is 0.468 e. The van der Waals surface area contributed by atoms with Crippen LogP contribution in [0.4, 0.5) is 24.7 Å². The molecule has 3 aromatic rings. The summed E-state index contributed by atoms with van der Waals surface area (Å²) < 4.78 is 47.6. The Bertz CT molecular complexity index is 1240. The number of rotatable bonds is 4. The van der Waals surface area contributed by atoms with Crippen molar-refractivity contribution in [2.75, 3.05) is 12.0 Å². The summed E-state index contributed by atoms with van der Waals surface area (Å²) in [7, 11) is 1.16. The van der Waals surface area contributed by atoms with Gasteiger partial charge in [-0.3, -0.25) is 23.9 Å². The lowest BCUT2D eigenvalue weighted by molar-refractivity contribution is -0.141. The SMILES string of the molecule is COC(=O)Cn1c2c(sc1=O)C(c1ccc(F)c(F)c1F)CC(=O)N2c1ccccc1. The Hall–Kier alpha value is -3.40. The van der Waals surface area contributed by atoms with Crippen LogP contribution in [0.3, 0.4) is 0 Å². The number of fused-ring (bicyclic) bond motifs is 1. The molecule has 0 fully saturated rings. The fraction of sp³-hybridized carbons (Fsp3) is 0.190. The Balaban J connectivity index is 1.95. The second-order valence-electron chi connectivity index (χ2n) is 6.80. The maximum absolute atomic E-state index is 14.6. The highest BCUT2D eigenvalue weighted by Crippen LogP contribution is 2.45. The van der Waals surface area contributed by atoms with Crippen LogP contribution in [0.1, 0.15) is 22.8 Å². The van der Waals surface area contributed by atoms with Crippen LogP contribution in [0.5, 0.6) is 0 Å². The highest BCUT2D eigenvalue weighted by atomic mass is 32.1. The van der Waals surface area contributed by atoms with Gasteiger partial charge in [0.1, 0.15) is 12.4 Å². The number of benzene rings is 2. The van der Waals surface area contributed by atoms with Crippen LogP contribution in [-0.2, 0) is 20.9 Å².